The van der Waals surface area contributed by atoms with Gasteiger partial charge < -0.3 is 19.1 Å². The van der Waals surface area contributed by atoms with Crippen LogP contribution < -0.4 is 4.74 Å². The van der Waals surface area contributed by atoms with E-state index in [9.17, 15) is 19.2 Å². The lowest BCUT2D eigenvalue weighted by Gasteiger charge is -2.54. The van der Waals surface area contributed by atoms with Crippen LogP contribution in [0.3, 0.4) is 0 Å². The van der Waals surface area contributed by atoms with Crippen LogP contribution in [-0.4, -0.2) is 42.8 Å². The first kappa shape index (κ1) is 21.6. The number of fused-ring (bicyclic) bond motifs is 7. The summed E-state index contributed by atoms with van der Waals surface area (Å²) in [7, 11) is 2.39. The van der Waals surface area contributed by atoms with Crippen LogP contribution in [0.2, 0.25) is 0 Å². The lowest BCUT2D eigenvalue weighted by Crippen LogP contribution is -2.61. The molecule has 172 valence electrons. The number of Topliss-reactive ketones (excluding diaryl/α,β-unsaturated/α-hetero) is 1. The van der Waals surface area contributed by atoms with Crippen LogP contribution in [0.1, 0.15) is 35.6 Å². The van der Waals surface area contributed by atoms with E-state index >= 15 is 0 Å². The first-order chi connectivity index (χ1) is 16.4. The predicted octanol–water partition coefficient (Wildman–Crippen LogP) is 2.91. The molecule has 0 saturated heterocycles. The molecule has 3 heterocycles. The number of hydrogen-bond donors (Lipinski definition) is 0. The number of methoxy groups -OCH3 is 2. The fourth-order valence-electron chi connectivity index (χ4n) is 5.44. The number of esters is 3. The van der Waals surface area contributed by atoms with Gasteiger partial charge in [0, 0.05) is 17.7 Å². The van der Waals surface area contributed by atoms with Crippen molar-refractivity contribution in [3.8, 4) is 5.75 Å². The average molecular weight is 459 g/mol. The van der Waals surface area contributed by atoms with E-state index in [4.69, 9.17) is 14.2 Å². The second-order valence-electron chi connectivity index (χ2n) is 8.29. The molecule has 5 rings (SSSR count). The van der Waals surface area contributed by atoms with Crippen molar-refractivity contribution in [2.24, 2.45) is 5.41 Å². The molecule has 2 aromatic rings. The maximum atomic E-state index is 13.8. The number of nitrogens with zero attached hydrogens (tertiary/aromatic N) is 1. The second kappa shape index (κ2) is 7.69. The number of carbonyl (C=O) groups excluding carboxylic acids is 4. The van der Waals surface area contributed by atoms with Crippen LogP contribution in [0.4, 0.5) is 0 Å². The number of benzene rings is 2. The van der Waals surface area contributed by atoms with Crippen molar-refractivity contribution in [2.45, 2.75) is 18.9 Å². The molecular formula is C26H21NO7. The first-order valence-electron chi connectivity index (χ1n) is 10.7. The molecule has 0 radical (unpaired) electrons. The predicted molar refractivity (Wildman–Crippen MR) is 119 cm³/mol. The largest absolute Gasteiger partial charge is 0.466 e. The summed E-state index contributed by atoms with van der Waals surface area (Å²) in [5, 5.41) is 0. The Balaban J connectivity index is 1.98. The average Bonchev–Trinajstić information content (AvgIpc) is 2.86. The van der Waals surface area contributed by atoms with E-state index in [1.807, 2.05) is 12.1 Å². The fourth-order valence-corrected chi connectivity index (χ4v) is 5.44. The van der Waals surface area contributed by atoms with E-state index in [2.05, 4.69) is 0 Å². The van der Waals surface area contributed by atoms with Crippen molar-refractivity contribution < 1.29 is 33.4 Å². The van der Waals surface area contributed by atoms with Gasteiger partial charge in [-0.25, -0.2) is 9.59 Å². The van der Waals surface area contributed by atoms with Gasteiger partial charge in [-0.15, -0.1) is 0 Å². The number of rotatable bonds is 3. The highest BCUT2D eigenvalue weighted by Crippen LogP contribution is 2.62. The lowest BCUT2D eigenvalue weighted by molar-refractivity contribution is -0.163. The molecule has 0 aliphatic carbocycles. The van der Waals surface area contributed by atoms with Gasteiger partial charge in [-0.3, -0.25) is 9.59 Å². The zero-order valence-corrected chi connectivity index (χ0v) is 18.7. The molecule has 3 aliphatic heterocycles. The first-order valence-corrected chi connectivity index (χ1v) is 10.7. The fraction of sp³-hybridized carbons (Fsp3) is 0.231. The third kappa shape index (κ3) is 2.65. The van der Waals surface area contributed by atoms with E-state index in [1.54, 1.807) is 48.7 Å². The molecule has 3 aliphatic rings. The molecule has 0 bridgehead atoms. The zero-order valence-electron chi connectivity index (χ0n) is 18.7. The van der Waals surface area contributed by atoms with Gasteiger partial charge in [0.2, 0.25) is 0 Å². The van der Waals surface area contributed by atoms with Gasteiger partial charge in [-0.2, -0.15) is 0 Å². The van der Waals surface area contributed by atoms with Gasteiger partial charge in [0.25, 0.3) is 0 Å². The van der Waals surface area contributed by atoms with Gasteiger partial charge in [-0.1, -0.05) is 42.5 Å². The minimum Gasteiger partial charge on any atom is -0.466 e. The molecule has 0 amide bonds. The van der Waals surface area contributed by atoms with E-state index in [1.165, 1.54) is 26.0 Å². The highest BCUT2D eigenvalue weighted by Gasteiger charge is 2.68. The molecule has 0 saturated carbocycles. The number of ketones is 1. The molecule has 3 atom stereocenters. The minimum atomic E-state index is -1.86. The SMILES string of the molecule is COC(=O)C1=C(C(=O)OC)N2C=Cc3ccccc3[C@@H]2[C@@]2(C(C)=O)C(=O)Oc3ccccc3[C@@H]12. The topological polar surface area (TPSA) is 99.2 Å². The zero-order chi connectivity index (χ0) is 24.2. The van der Waals surface area contributed by atoms with E-state index in [0.29, 0.717) is 11.1 Å². The standard InChI is InChI=1S/C26H21NO7/c1-14(28)26-20(17-10-6-7-11-18(17)34-25(26)31)19(23(29)32-2)21(24(30)33-3)27-13-12-15-8-4-5-9-16(15)22(26)27/h4-13,20,22H,1-3H3/t20-,22+,26-/m0/s1. The van der Waals surface area contributed by atoms with Crippen LogP contribution in [0.5, 0.6) is 5.75 Å². The molecule has 0 spiro atoms. The number of para-hydroxylation sites is 1. The highest BCUT2D eigenvalue weighted by atomic mass is 16.5. The van der Waals surface area contributed by atoms with Crippen LogP contribution in [0.15, 0.2) is 66.0 Å². The number of carbonyl (C=O) groups is 4. The second-order valence-corrected chi connectivity index (χ2v) is 8.29. The molecule has 0 unspecified atom stereocenters. The Kier molecular flexibility index (Phi) is 4.89. The van der Waals surface area contributed by atoms with Gasteiger partial charge in [0.05, 0.1) is 25.8 Å². The molecule has 34 heavy (non-hydrogen) atoms. The Hall–Kier alpha value is -4.20. The summed E-state index contributed by atoms with van der Waals surface area (Å²) in [5.41, 5.74) is -0.223. The maximum Gasteiger partial charge on any atom is 0.355 e. The molecule has 2 aromatic carbocycles. The molecular weight excluding hydrogens is 438 g/mol. The van der Waals surface area contributed by atoms with Crippen LogP contribution in [0.25, 0.3) is 6.08 Å². The Morgan fingerprint density at radius 2 is 1.59 bits per heavy atom. The summed E-state index contributed by atoms with van der Waals surface area (Å²) in [6.07, 6.45) is 3.33. The third-order valence-corrected chi connectivity index (χ3v) is 6.81. The van der Waals surface area contributed by atoms with Gasteiger partial charge >= 0.3 is 17.9 Å². The van der Waals surface area contributed by atoms with Crippen molar-refractivity contribution in [3.05, 3.63) is 82.7 Å². The minimum absolute atomic E-state index is 0.0866. The third-order valence-electron chi connectivity index (χ3n) is 6.81. The Bertz CT molecular complexity index is 1320. The van der Waals surface area contributed by atoms with Gasteiger partial charge in [-0.05, 0) is 30.2 Å². The van der Waals surface area contributed by atoms with Crippen molar-refractivity contribution >= 4 is 29.8 Å². The number of ether oxygens (including phenoxy) is 3. The van der Waals surface area contributed by atoms with E-state index in [-0.39, 0.29) is 17.0 Å². The Morgan fingerprint density at radius 3 is 2.26 bits per heavy atom. The summed E-state index contributed by atoms with van der Waals surface area (Å²) >= 11 is 0. The molecule has 0 aromatic heterocycles. The monoisotopic (exact) mass is 459 g/mol. The van der Waals surface area contributed by atoms with Crippen LogP contribution in [0, 0.1) is 5.41 Å². The van der Waals surface area contributed by atoms with Crippen molar-refractivity contribution in [2.75, 3.05) is 14.2 Å². The molecule has 0 fully saturated rings. The van der Waals surface area contributed by atoms with Crippen molar-refractivity contribution in [1.82, 2.24) is 4.90 Å². The highest BCUT2D eigenvalue weighted by molar-refractivity contribution is 6.12. The van der Waals surface area contributed by atoms with E-state index < -0.39 is 41.1 Å². The summed E-state index contributed by atoms with van der Waals surface area (Å²) < 4.78 is 15.8. The van der Waals surface area contributed by atoms with E-state index in [0.717, 1.165) is 5.56 Å². The number of hydrogen-bond acceptors (Lipinski definition) is 8. The van der Waals surface area contributed by atoms with Gasteiger partial charge in [0.15, 0.2) is 11.2 Å². The molecule has 8 heteroatoms. The van der Waals surface area contributed by atoms with Crippen LogP contribution >= 0.6 is 0 Å². The summed E-state index contributed by atoms with van der Waals surface area (Å²) in [6, 6.07) is 13.0. The van der Waals surface area contributed by atoms with Crippen LogP contribution in [-0.2, 0) is 28.7 Å². The molecule has 0 N–H and O–H groups in total. The maximum absolute atomic E-state index is 13.8. The Morgan fingerprint density at radius 1 is 0.941 bits per heavy atom. The lowest BCUT2D eigenvalue weighted by atomic mass is 9.56. The smallest absolute Gasteiger partial charge is 0.355 e. The normalized spacial score (nSPS) is 24.2. The van der Waals surface area contributed by atoms with Crippen molar-refractivity contribution in [3.63, 3.8) is 0 Å². The van der Waals surface area contributed by atoms with Gasteiger partial charge in [0.1, 0.15) is 11.4 Å². The summed E-state index contributed by atoms with van der Waals surface area (Å²) in [5.74, 6) is -3.84. The summed E-state index contributed by atoms with van der Waals surface area (Å²) in [6.45, 7) is 1.30. The van der Waals surface area contributed by atoms with Crippen molar-refractivity contribution in [1.29, 1.82) is 0 Å². The summed E-state index contributed by atoms with van der Waals surface area (Å²) in [4.78, 5) is 55.3. The quantitative estimate of drug-likeness (QED) is 0.393. The Labute approximate surface area is 195 Å². The molecule has 8 nitrogen and oxygen atoms in total.